The number of para-hydroxylation sites is 1. The highest BCUT2D eigenvalue weighted by Gasteiger charge is 2.19. The maximum Gasteiger partial charge on any atom is 0.270 e. The molecule has 0 aliphatic carbocycles. The van der Waals surface area contributed by atoms with Crippen LogP contribution < -0.4 is 10.9 Å². The molecule has 5 aromatic rings. The molecule has 33 heavy (non-hydrogen) atoms. The van der Waals surface area contributed by atoms with Crippen molar-refractivity contribution in [1.82, 2.24) is 30.6 Å². The molecule has 1 aromatic carbocycles. The number of amides is 2. The summed E-state index contributed by atoms with van der Waals surface area (Å²) < 4.78 is 1.79. The fourth-order valence-corrected chi connectivity index (χ4v) is 4.51. The number of nitrogens with one attached hydrogen (secondary N) is 3. The normalized spacial score (nSPS) is 11.4. The van der Waals surface area contributed by atoms with E-state index in [1.54, 1.807) is 28.3 Å². The van der Waals surface area contributed by atoms with Crippen LogP contribution in [-0.2, 0) is 11.2 Å². The van der Waals surface area contributed by atoms with E-state index in [2.05, 4.69) is 20.9 Å². The van der Waals surface area contributed by atoms with Gasteiger partial charge in [0, 0.05) is 23.1 Å². The number of thiophene rings is 1. The van der Waals surface area contributed by atoms with Crippen molar-refractivity contribution in [2.75, 3.05) is 0 Å². The minimum Gasteiger partial charge on any atom is -0.361 e. The summed E-state index contributed by atoms with van der Waals surface area (Å²) in [5.74, 6) is -0.731. The van der Waals surface area contributed by atoms with Gasteiger partial charge in [-0.05, 0) is 43.0 Å². The van der Waals surface area contributed by atoms with Crippen LogP contribution in [0.25, 0.3) is 32.5 Å². The Morgan fingerprint density at radius 3 is 2.76 bits per heavy atom. The molecule has 0 saturated carbocycles. The van der Waals surface area contributed by atoms with E-state index in [-0.39, 0.29) is 18.4 Å². The van der Waals surface area contributed by atoms with Gasteiger partial charge in [0.2, 0.25) is 5.91 Å². The lowest BCUT2D eigenvalue weighted by molar-refractivity contribution is -0.121. The van der Waals surface area contributed by atoms with E-state index >= 15 is 0 Å². The van der Waals surface area contributed by atoms with Gasteiger partial charge < -0.3 is 4.98 Å². The molecule has 4 heterocycles. The summed E-state index contributed by atoms with van der Waals surface area (Å²) in [5, 5.41) is 8.00. The van der Waals surface area contributed by atoms with Gasteiger partial charge in [-0.2, -0.15) is 5.10 Å². The highest BCUT2D eigenvalue weighted by atomic mass is 32.1. The number of hydrazine groups is 1. The molecular weight excluding hydrogens is 436 g/mol. The van der Waals surface area contributed by atoms with Gasteiger partial charge in [0.1, 0.15) is 0 Å². The Bertz CT molecular complexity index is 1470. The molecule has 0 fully saturated rings. The van der Waals surface area contributed by atoms with Crippen LogP contribution in [0.5, 0.6) is 0 Å². The van der Waals surface area contributed by atoms with Crippen molar-refractivity contribution >= 4 is 45.1 Å². The third kappa shape index (κ3) is 3.98. The first kappa shape index (κ1) is 20.9. The number of aromatic nitrogens is 4. The second-order valence-corrected chi connectivity index (χ2v) is 8.94. The summed E-state index contributed by atoms with van der Waals surface area (Å²) in [4.78, 5) is 34.5. The van der Waals surface area contributed by atoms with Gasteiger partial charge >= 0.3 is 0 Å². The predicted molar refractivity (Wildman–Crippen MR) is 129 cm³/mol. The number of carbonyl (C=O) groups excluding carboxylic acids is 2. The van der Waals surface area contributed by atoms with Crippen molar-refractivity contribution in [2.45, 2.75) is 26.3 Å². The Hall–Kier alpha value is -3.98. The molecule has 0 spiro atoms. The average Bonchev–Trinajstić information content (AvgIpc) is 3.56. The van der Waals surface area contributed by atoms with Crippen molar-refractivity contribution in [3.63, 3.8) is 0 Å². The third-order valence-corrected chi connectivity index (χ3v) is 6.31. The molecule has 0 bridgehead atoms. The molecule has 5 rings (SSSR count). The van der Waals surface area contributed by atoms with Crippen LogP contribution in [-0.4, -0.2) is 31.6 Å². The lowest BCUT2D eigenvalue weighted by atomic mass is 10.1. The molecule has 0 unspecified atom stereocenters. The minimum atomic E-state index is -0.421. The van der Waals surface area contributed by atoms with Gasteiger partial charge in [-0.25, -0.2) is 9.67 Å². The number of nitrogens with zero attached hydrogens (tertiary/aromatic N) is 3. The largest absolute Gasteiger partial charge is 0.361 e. The number of H-pyrrole nitrogens is 1. The van der Waals surface area contributed by atoms with Crippen LogP contribution in [0, 0.1) is 0 Å². The molecule has 9 heteroatoms. The van der Waals surface area contributed by atoms with E-state index in [9.17, 15) is 9.59 Å². The quantitative estimate of drug-likeness (QED) is 0.343. The molecule has 166 valence electrons. The number of benzene rings is 1. The van der Waals surface area contributed by atoms with Crippen molar-refractivity contribution in [3.05, 3.63) is 71.4 Å². The summed E-state index contributed by atoms with van der Waals surface area (Å²) in [6.07, 6.45) is 3.59. The van der Waals surface area contributed by atoms with E-state index in [4.69, 9.17) is 4.98 Å². The van der Waals surface area contributed by atoms with Crippen molar-refractivity contribution in [2.24, 2.45) is 0 Å². The monoisotopic (exact) mass is 458 g/mol. The fraction of sp³-hybridized carbons (Fsp3) is 0.167. The van der Waals surface area contributed by atoms with Crippen LogP contribution in [0.2, 0.25) is 0 Å². The van der Waals surface area contributed by atoms with Gasteiger partial charge in [0.15, 0.2) is 5.65 Å². The number of fused-ring (bicyclic) bond motifs is 2. The third-order valence-electron chi connectivity index (χ3n) is 5.42. The Balaban J connectivity index is 1.39. The van der Waals surface area contributed by atoms with Crippen LogP contribution in [0.15, 0.2) is 60.2 Å². The van der Waals surface area contributed by atoms with Gasteiger partial charge in [0.05, 0.1) is 34.1 Å². The molecule has 0 aliphatic rings. The number of aromatic amines is 1. The number of hydrogen-bond donors (Lipinski definition) is 3. The molecule has 8 nitrogen and oxygen atoms in total. The first-order chi connectivity index (χ1) is 16.0. The first-order valence-electron chi connectivity index (χ1n) is 10.6. The lowest BCUT2D eigenvalue weighted by Gasteiger charge is -2.11. The van der Waals surface area contributed by atoms with Gasteiger partial charge in [-0.15, -0.1) is 11.3 Å². The second kappa shape index (κ2) is 8.51. The Labute approximate surface area is 193 Å². The van der Waals surface area contributed by atoms with Gasteiger partial charge in [0.25, 0.3) is 5.91 Å². The first-order valence-corrected chi connectivity index (χ1v) is 11.5. The fourth-order valence-electron chi connectivity index (χ4n) is 3.82. The van der Waals surface area contributed by atoms with E-state index in [0.717, 1.165) is 21.3 Å². The summed E-state index contributed by atoms with van der Waals surface area (Å²) in [6, 6.07) is 13.5. The topological polar surface area (TPSA) is 105 Å². The summed E-state index contributed by atoms with van der Waals surface area (Å²) in [6.45, 7) is 4.02. The second-order valence-electron chi connectivity index (χ2n) is 7.99. The molecule has 0 atom stereocenters. The van der Waals surface area contributed by atoms with Crippen LogP contribution >= 0.6 is 11.3 Å². The van der Waals surface area contributed by atoms with Crippen LogP contribution in [0.1, 0.15) is 35.8 Å². The van der Waals surface area contributed by atoms with Crippen molar-refractivity contribution in [3.8, 4) is 10.6 Å². The van der Waals surface area contributed by atoms with E-state index in [1.807, 2.05) is 61.8 Å². The number of hydrogen-bond acceptors (Lipinski definition) is 5. The smallest absolute Gasteiger partial charge is 0.270 e. The summed E-state index contributed by atoms with van der Waals surface area (Å²) in [7, 11) is 0. The Morgan fingerprint density at radius 2 is 1.97 bits per heavy atom. The highest BCUT2D eigenvalue weighted by Crippen LogP contribution is 2.28. The van der Waals surface area contributed by atoms with Crippen molar-refractivity contribution < 1.29 is 9.59 Å². The maximum absolute atomic E-state index is 13.1. The number of pyridine rings is 1. The average molecular weight is 459 g/mol. The summed E-state index contributed by atoms with van der Waals surface area (Å²) in [5.41, 5.74) is 8.64. The zero-order valence-electron chi connectivity index (χ0n) is 18.1. The predicted octanol–water partition coefficient (Wildman–Crippen LogP) is 4.23. The van der Waals surface area contributed by atoms with Gasteiger partial charge in [-0.3, -0.25) is 20.4 Å². The molecule has 2 amide bonds. The Kier molecular flexibility index (Phi) is 5.39. The van der Waals surface area contributed by atoms with E-state index in [1.165, 1.54) is 0 Å². The SMILES string of the molecule is CC(C)n1ncc2c(C(=O)NNC(=O)Cc3c[nH]c4ccccc34)cc(-c3cccs3)nc21. The molecular formula is C24H22N6O2S. The van der Waals surface area contributed by atoms with E-state index < -0.39 is 5.91 Å². The molecule has 4 aromatic heterocycles. The lowest BCUT2D eigenvalue weighted by Crippen LogP contribution is -2.42. The molecule has 0 aliphatic heterocycles. The summed E-state index contributed by atoms with van der Waals surface area (Å²) >= 11 is 1.55. The molecule has 0 saturated heterocycles. The highest BCUT2D eigenvalue weighted by molar-refractivity contribution is 7.13. The zero-order chi connectivity index (χ0) is 22.9. The van der Waals surface area contributed by atoms with E-state index in [0.29, 0.717) is 22.3 Å². The van der Waals surface area contributed by atoms with Gasteiger partial charge in [-0.1, -0.05) is 24.3 Å². The van der Waals surface area contributed by atoms with Crippen molar-refractivity contribution in [1.29, 1.82) is 0 Å². The van der Waals surface area contributed by atoms with Crippen LogP contribution in [0.4, 0.5) is 0 Å². The minimum absolute atomic E-state index is 0.0837. The van der Waals surface area contributed by atoms with Crippen LogP contribution in [0.3, 0.4) is 0 Å². The maximum atomic E-state index is 13.1. The molecule has 0 radical (unpaired) electrons. The number of rotatable bonds is 5. The molecule has 3 N–H and O–H groups in total. The Morgan fingerprint density at radius 1 is 1.12 bits per heavy atom. The zero-order valence-corrected chi connectivity index (χ0v) is 18.9. The standard InChI is InChI=1S/C24H22N6O2S/c1-14(2)30-23-18(13-26-30)17(11-20(27-23)21-8-5-9-33-21)24(32)29-28-22(31)10-15-12-25-19-7-4-3-6-16(15)19/h3-9,11-14,25H,10H2,1-2H3,(H,28,31)(H,29,32). The number of carbonyl (C=O) groups is 2.